The van der Waals surface area contributed by atoms with Gasteiger partial charge < -0.3 is 5.11 Å². The summed E-state index contributed by atoms with van der Waals surface area (Å²) in [4.78, 5) is 12.0. The van der Waals surface area contributed by atoms with Crippen molar-refractivity contribution < 1.29 is 9.90 Å². The highest BCUT2D eigenvalue weighted by atomic mass is 35.5. The molecule has 0 saturated heterocycles. The van der Waals surface area contributed by atoms with Crippen molar-refractivity contribution in [2.75, 3.05) is 0 Å². The Morgan fingerprint density at radius 2 is 1.88 bits per heavy atom. The number of aromatic nitrogens is 2. The van der Waals surface area contributed by atoms with Crippen LogP contribution >= 0.6 is 11.6 Å². The van der Waals surface area contributed by atoms with Crippen LogP contribution in [-0.2, 0) is 0 Å². The van der Waals surface area contributed by atoms with E-state index in [2.05, 4.69) is 15.6 Å². The third-order valence-corrected chi connectivity index (χ3v) is 3.90. The van der Waals surface area contributed by atoms with Crippen molar-refractivity contribution in [1.82, 2.24) is 15.2 Å². The minimum absolute atomic E-state index is 0.0933. The monoisotopic (exact) mass is 354 g/mol. The van der Waals surface area contributed by atoms with E-state index in [1.165, 1.54) is 30.5 Å². The van der Waals surface area contributed by atoms with Gasteiger partial charge >= 0.3 is 0 Å². The second kappa shape index (κ2) is 7.19. The minimum Gasteiger partial charge on any atom is -0.508 e. The van der Waals surface area contributed by atoms with E-state index in [-0.39, 0.29) is 11.7 Å². The number of hydrogen-bond acceptors (Lipinski definition) is 4. The van der Waals surface area contributed by atoms with Crippen LogP contribution in [0, 0.1) is 6.92 Å². The van der Waals surface area contributed by atoms with Gasteiger partial charge in [-0.25, -0.2) is 10.1 Å². The molecule has 126 valence electrons. The zero-order valence-corrected chi connectivity index (χ0v) is 14.1. The van der Waals surface area contributed by atoms with E-state index >= 15 is 0 Å². The van der Waals surface area contributed by atoms with E-state index in [4.69, 9.17) is 11.6 Å². The molecular formula is C18H15ClN4O2. The molecule has 1 heterocycles. The van der Waals surface area contributed by atoms with Crippen LogP contribution in [0.4, 0.5) is 0 Å². The molecule has 3 aromatic rings. The summed E-state index contributed by atoms with van der Waals surface area (Å²) in [5, 5.41) is 18.0. The molecule has 2 aromatic carbocycles. The summed E-state index contributed by atoms with van der Waals surface area (Å²) in [6, 6.07) is 15.4. The number of phenolic OH excluding ortho intramolecular Hbond substituents is 1. The SMILES string of the molecule is Cc1nn(-c2ccccc2)c(Cl)c1/C=N/NC(=O)c1ccc(O)cc1. The highest BCUT2D eigenvalue weighted by molar-refractivity contribution is 6.32. The van der Waals surface area contributed by atoms with Gasteiger partial charge in [-0.2, -0.15) is 10.2 Å². The zero-order valence-electron chi connectivity index (χ0n) is 13.3. The lowest BCUT2D eigenvalue weighted by Gasteiger charge is -2.02. The van der Waals surface area contributed by atoms with Gasteiger partial charge in [0.2, 0.25) is 0 Å². The van der Waals surface area contributed by atoms with Crippen molar-refractivity contribution in [3.05, 3.63) is 76.6 Å². The molecule has 0 fully saturated rings. The van der Waals surface area contributed by atoms with E-state index < -0.39 is 0 Å². The average molecular weight is 355 g/mol. The molecule has 0 radical (unpaired) electrons. The fourth-order valence-corrected chi connectivity index (χ4v) is 2.55. The molecular weight excluding hydrogens is 340 g/mol. The zero-order chi connectivity index (χ0) is 17.8. The van der Waals surface area contributed by atoms with E-state index in [9.17, 15) is 9.90 Å². The van der Waals surface area contributed by atoms with E-state index in [1.807, 2.05) is 37.3 Å². The molecule has 0 atom stereocenters. The number of para-hydroxylation sites is 1. The maximum Gasteiger partial charge on any atom is 0.271 e. The number of hydrazone groups is 1. The number of phenols is 1. The number of carbonyl (C=O) groups excluding carboxylic acids is 1. The molecule has 1 aromatic heterocycles. The van der Waals surface area contributed by atoms with Gasteiger partial charge in [0, 0.05) is 5.56 Å². The predicted molar refractivity (Wildman–Crippen MR) is 96.5 cm³/mol. The number of halogens is 1. The first kappa shape index (κ1) is 16.7. The van der Waals surface area contributed by atoms with Crippen molar-refractivity contribution >= 4 is 23.7 Å². The normalized spacial score (nSPS) is 11.0. The van der Waals surface area contributed by atoms with Crippen LogP contribution in [0.5, 0.6) is 5.75 Å². The summed E-state index contributed by atoms with van der Waals surface area (Å²) in [6.45, 7) is 1.81. The number of nitrogens with zero attached hydrogens (tertiary/aromatic N) is 3. The number of amides is 1. The van der Waals surface area contributed by atoms with E-state index in [0.29, 0.717) is 22.0 Å². The Morgan fingerprint density at radius 3 is 2.56 bits per heavy atom. The minimum atomic E-state index is -0.388. The third kappa shape index (κ3) is 3.70. The van der Waals surface area contributed by atoms with Crippen molar-refractivity contribution in [1.29, 1.82) is 0 Å². The average Bonchev–Trinajstić information content (AvgIpc) is 2.91. The molecule has 0 bridgehead atoms. The van der Waals surface area contributed by atoms with Crippen molar-refractivity contribution in [3.63, 3.8) is 0 Å². The highest BCUT2D eigenvalue weighted by Crippen LogP contribution is 2.21. The van der Waals surface area contributed by atoms with Gasteiger partial charge in [-0.3, -0.25) is 4.79 Å². The lowest BCUT2D eigenvalue weighted by molar-refractivity contribution is 0.0955. The first-order valence-corrected chi connectivity index (χ1v) is 7.87. The largest absolute Gasteiger partial charge is 0.508 e. The highest BCUT2D eigenvalue weighted by Gasteiger charge is 2.13. The Morgan fingerprint density at radius 1 is 1.20 bits per heavy atom. The number of aryl methyl sites for hydroxylation is 1. The van der Waals surface area contributed by atoms with Crippen LogP contribution in [0.15, 0.2) is 59.7 Å². The lowest BCUT2D eigenvalue weighted by Crippen LogP contribution is -2.17. The summed E-state index contributed by atoms with van der Waals surface area (Å²) < 4.78 is 1.61. The van der Waals surface area contributed by atoms with Crippen molar-refractivity contribution in [3.8, 4) is 11.4 Å². The molecule has 0 unspecified atom stereocenters. The van der Waals surface area contributed by atoms with Gasteiger partial charge in [0.05, 0.1) is 23.2 Å². The fourth-order valence-electron chi connectivity index (χ4n) is 2.23. The number of benzene rings is 2. The Labute approximate surface area is 149 Å². The van der Waals surface area contributed by atoms with E-state index in [1.54, 1.807) is 4.68 Å². The summed E-state index contributed by atoms with van der Waals surface area (Å²) in [6.07, 6.45) is 1.46. The van der Waals surface area contributed by atoms with Crippen LogP contribution < -0.4 is 5.43 Å². The Kier molecular flexibility index (Phi) is 4.81. The first-order chi connectivity index (χ1) is 12.1. The van der Waals surface area contributed by atoms with Crippen LogP contribution in [0.2, 0.25) is 5.15 Å². The predicted octanol–water partition coefficient (Wildman–Crippen LogP) is 3.30. The third-order valence-electron chi connectivity index (χ3n) is 3.54. The van der Waals surface area contributed by atoms with Gasteiger partial charge in [-0.05, 0) is 43.3 Å². The van der Waals surface area contributed by atoms with Crippen LogP contribution in [-0.4, -0.2) is 27.0 Å². The number of aromatic hydroxyl groups is 1. The smallest absolute Gasteiger partial charge is 0.271 e. The summed E-state index contributed by atoms with van der Waals surface area (Å²) in [5.41, 5.74) is 4.96. The van der Waals surface area contributed by atoms with Crippen LogP contribution in [0.25, 0.3) is 5.69 Å². The first-order valence-electron chi connectivity index (χ1n) is 7.49. The molecule has 0 saturated carbocycles. The van der Waals surface area contributed by atoms with Crippen LogP contribution in [0.1, 0.15) is 21.6 Å². The second-order valence-corrected chi connectivity index (χ2v) is 5.64. The number of nitrogens with one attached hydrogen (secondary N) is 1. The molecule has 3 rings (SSSR count). The van der Waals surface area contributed by atoms with Gasteiger partial charge in [0.25, 0.3) is 5.91 Å². The quantitative estimate of drug-likeness (QED) is 0.557. The number of hydrogen-bond donors (Lipinski definition) is 2. The topological polar surface area (TPSA) is 79.5 Å². The van der Waals surface area contributed by atoms with Gasteiger partial charge in [-0.15, -0.1) is 0 Å². The summed E-state index contributed by atoms with van der Waals surface area (Å²) in [7, 11) is 0. The maximum atomic E-state index is 12.0. The second-order valence-electron chi connectivity index (χ2n) is 5.28. The fraction of sp³-hybridized carbons (Fsp3) is 0.0556. The Bertz CT molecular complexity index is 918. The maximum absolute atomic E-state index is 12.0. The van der Waals surface area contributed by atoms with Crippen LogP contribution in [0.3, 0.4) is 0 Å². The molecule has 6 nitrogen and oxygen atoms in total. The number of carbonyl (C=O) groups is 1. The number of rotatable bonds is 4. The molecule has 0 aliphatic heterocycles. The molecule has 1 amide bonds. The Balaban J connectivity index is 1.77. The van der Waals surface area contributed by atoms with E-state index in [0.717, 1.165) is 5.69 Å². The molecule has 25 heavy (non-hydrogen) atoms. The molecule has 0 spiro atoms. The van der Waals surface area contributed by atoms with Crippen molar-refractivity contribution in [2.45, 2.75) is 6.92 Å². The summed E-state index contributed by atoms with van der Waals surface area (Å²) in [5.74, 6) is -0.295. The van der Waals surface area contributed by atoms with Gasteiger partial charge in [-0.1, -0.05) is 29.8 Å². The lowest BCUT2D eigenvalue weighted by atomic mass is 10.2. The van der Waals surface area contributed by atoms with Gasteiger partial charge in [0.1, 0.15) is 10.9 Å². The Hall–Kier alpha value is -3.12. The van der Waals surface area contributed by atoms with Crippen molar-refractivity contribution in [2.24, 2.45) is 5.10 Å². The molecule has 2 N–H and O–H groups in total. The standard InChI is InChI=1S/C18H15ClN4O2/c1-12-16(17(19)23(22-12)14-5-3-2-4-6-14)11-20-21-18(25)13-7-9-15(24)10-8-13/h2-11,24H,1H3,(H,21,25)/b20-11+. The summed E-state index contributed by atoms with van der Waals surface area (Å²) >= 11 is 6.38. The molecule has 7 heteroatoms. The molecule has 0 aliphatic carbocycles. The van der Waals surface area contributed by atoms with Gasteiger partial charge in [0.15, 0.2) is 0 Å². The molecule has 0 aliphatic rings.